The first-order valence-corrected chi connectivity index (χ1v) is 13.2. The van der Waals surface area contributed by atoms with Gasteiger partial charge in [-0.1, -0.05) is 0 Å². The van der Waals surface area contributed by atoms with Crippen molar-refractivity contribution in [2.24, 2.45) is 0 Å². The van der Waals surface area contributed by atoms with E-state index in [4.69, 9.17) is 9.47 Å². The van der Waals surface area contributed by atoms with Gasteiger partial charge in [0, 0.05) is 12.6 Å². The lowest BCUT2D eigenvalue weighted by Gasteiger charge is -2.43. The topological polar surface area (TPSA) is 59.1 Å². The minimum atomic E-state index is -5.17. The third kappa shape index (κ3) is 7.12. The highest BCUT2D eigenvalue weighted by molar-refractivity contribution is 5.90. The molecule has 2 amide bonds. The Hall–Kier alpha value is -3.65. The molecule has 1 heterocycles. The first kappa shape index (κ1) is 32.3. The summed E-state index contributed by atoms with van der Waals surface area (Å²) < 4.78 is 133. The van der Waals surface area contributed by atoms with Crippen molar-refractivity contribution in [1.82, 2.24) is 4.90 Å². The van der Waals surface area contributed by atoms with Gasteiger partial charge in [-0.15, -0.1) is 0 Å². The zero-order chi connectivity index (χ0) is 31.9. The van der Waals surface area contributed by atoms with Crippen LogP contribution in [-0.4, -0.2) is 36.3 Å². The molecule has 0 unspecified atom stereocenters. The van der Waals surface area contributed by atoms with E-state index in [1.807, 2.05) is 0 Å². The quantitative estimate of drug-likeness (QED) is 0.319. The van der Waals surface area contributed by atoms with Gasteiger partial charge >= 0.3 is 30.7 Å². The molecule has 1 aliphatic heterocycles. The van der Waals surface area contributed by atoms with E-state index in [2.05, 4.69) is 0 Å². The van der Waals surface area contributed by atoms with Crippen LogP contribution in [0, 0.1) is 0 Å². The number of nitrogens with zero attached hydrogens (tertiary/aromatic N) is 2. The summed E-state index contributed by atoms with van der Waals surface area (Å²) in [6, 6.07) is 1.10. The molecular formula is C28H27F9N2O4. The summed E-state index contributed by atoms with van der Waals surface area (Å²) >= 11 is 0. The average Bonchev–Trinajstić information content (AvgIpc) is 3.42. The largest absolute Gasteiger partial charge is 0.453 e. The number of hydrogen-bond acceptors (Lipinski definition) is 4. The molecule has 4 rings (SSSR count). The molecule has 1 aliphatic carbocycles. The number of rotatable bonds is 4. The molecule has 6 nitrogen and oxygen atoms in total. The van der Waals surface area contributed by atoms with Gasteiger partial charge in [-0.25, -0.2) is 9.59 Å². The van der Waals surface area contributed by atoms with E-state index in [9.17, 15) is 49.1 Å². The summed E-state index contributed by atoms with van der Waals surface area (Å²) in [6.45, 7) is 0.657. The van der Waals surface area contributed by atoms with E-state index in [1.165, 1.54) is 6.92 Å². The monoisotopic (exact) mass is 626 g/mol. The van der Waals surface area contributed by atoms with Crippen LogP contribution >= 0.6 is 0 Å². The Morgan fingerprint density at radius 2 is 1.42 bits per heavy atom. The number of fused-ring (bicyclic) bond motifs is 1. The molecule has 0 radical (unpaired) electrons. The van der Waals surface area contributed by atoms with E-state index < -0.39 is 71.6 Å². The third-order valence-corrected chi connectivity index (χ3v) is 7.53. The highest BCUT2D eigenvalue weighted by Gasteiger charge is 2.43. The number of ether oxygens (including phenoxy) is 2. The number of alkyl halides is 9. The molecule has 0 spiro atoms. The second-order valence-corrected chi connectivity index (χ2v) is 10.5. The summed E-state index contributed by atoms with van der Waals surface area (Å²) in [5, 5.41) is 0. The maximum Gasteiger partial charge on any atom is 0.416 e. The number of benzene rings is 2. The van der Waals surface area contributed by atoms with Crippen LogP contribution in [0.1, 0.15) is 72.9 Å². The van der Waals surface area contributed by atoms with E-state index in [0.717, 1.165) is 41.9 Å². The van der Waals surface area contributed by atoms with E-state index in [-0.39, 0.29) is 29.8 Å². The van der Waals surface area contributed by atoms with Gasteiger partial charge < -0.3 is 9.47 Å². The summed E-state index contributed by atoms with van der Waals surface area (Å²) in [6.07, 6.45) is -14.9. The first-order valence-electron chi connectivity index (χ1n) is 13.2. The van der Waals surface area contributed by atoms with Gasteiger partial charge in [-0.3, -0.25) is 9.80 Å². The number of halogens is 9. The number of carbonyl (C=O) groups excluding carboxylic acids is 2. The van der Waals surface area contributed by atoms with Gasteiger partial charge in [0.2, 0.25) is 0 Å². The minimum absolute atomic E-state index is 0.0475. The fourth-order valence-electron chi connectivity index (χ4n) is 5.52. The zero-order valence-corrected chi connectivity index (χ0v) is 22.9. The van der Waals surface area contributed by atoms with Crippen LogP contribution in [0.2, 0.25) is 0 Å². The van der Waals surface area contributed by atoms with Crippen LogP contribution in [0.15, 0.2) is 36.4 Å². The molecule has 2 aromatic rings. The minimum Gasteiger partial charge on any atom is -0.453 e. The van der Waals surface area contributed by atoms with E-state index in [1.54, 1.807) is 0 Å². The van der Waals surface area contributed by atoms with Crippen molar-refractivity contribution in [3.05, 3.63) is 64.2 Å². The molecule has 2 aromatic carbocycles. The van der Waals surface area contributed by atoms with Gasteiger partial charge in [0.1, 0.15) is 6.10 Å². The van der Waals surface area contributed by atoms with E-state index in [0.29, 0.717) is 31.0 Å². The molecule has 43 heavy (non-hydrogen) atoms. The maximum absolute atomic E-state index is 13.7. The van der Waals surface area contributed by atoms with Crippen molar-refractivity contribution in [3.63, 3.8) is 0 Å². The summed E-state index contributed by atoms with van der Waals surface area (Å²) in [4.78, 5) is 28.0. The summed E-state index contributed by atoms with van der Waals surface area (Å²) in [5.41, 5.74) is -5.23. The lowest BCUT2D eigenvalue weighted by molar-refractivity contribution is -0.143. The van der Waals surface area contributed by atoms with Gasteiger partial charge in [0.25, 0.3) is 0 Å². The lowest BCUT2D eigenvalue weighted by Crippen LogP contribution is -2.48. The van der Waals surface area contributed by atoms with Gasteiger partial charge in [0.15, 0.2) is 0 Å². The Morgan fingerprint density at radius 3 is 1.93 bits per heavy atom. The number of hydrogen-bond donors (Lipinski definition) is 0. The Labute approximate surface area is 240 Å². The first-order chi connectivity index (χ1) is 19.9. The standard InChI is InChI=1S/C28H27F9N2O4/c1-15-9-23(38(24(40)42-2)14-16-10-18(27(32,33)34)12-19(11-16)28(35,36)37)21-13-17(26(29,30)31)7-8-22(21)39(15)25(41)43-20-5-3-4-6-20/h7-8,10-13,15,20,23H,3-6,9,14H2,1-2H3/t15-,23+/m1/s1. The maximum atomic E-state index is 13.7. The molecule has 0 aromatic heterocycles. The Morgan fingerprint density at radius 1 is 0.860 bits per heavy atom. The number of anilines is 1. The third-order valence-electron chi connectivity index (χ3n) is 7.53. The Kier molecular flexibility index (Phi) is 8.85. The van der Waals surface area contributed by atoms with Crippen LogP contribution in [0.4, 0.5) is 54.8 Å². The van der Waals surface area contributed by atoms with Crippen LogP contribution in [0.3, 0.4) is 0 Å². The van der Waals surface area contributed by atoms with Crippen molar-refractivity contribution < 1.29 is 58.6 Å². The summed E-state index contributed by atoms with van der Waals surface area (Å²) in [7, 11) is 0.910. The predicted molar refractivity (Wildman–Crippen MR) is 134 cm³/mol. The number of amides is 2. The van der Waals surface area contributed by atoms with Crippen LogP contribution in [0.5, 0.6) is 0 Å². The number of carbonyl (C=O) groups is 2. The lowest BCUT2D eigenvalue weighted by atomic mass is 9.89. The fourth-order valence-corrected chi connectivity index (χ4v) is 5.52. The summed E-state index contributed by atoms with van der Waals surface area (Å²) in [5.74, 6) is 0. The van der Waals surface area contributed by atoms with Crippen molar-refractivity contribution in [1.29, 1.82) is 0 Å². The highest BCUT2D eigenvalue weighted by Crippen LogP contribution is 2.45. The molecule has 2 aliphatic rings. The smallest absolute Gasteiger partial charge is 0.416 e. The second kappa shape index (κ2) is 11.8. The van der Waals surface area contributed by atoms with Crippen LogP contribution < -0.4 is 4.90 Å². The van der Waals surface area contributed by atoms with Gasteiger partial charge in [-0.05, 0) is 86.6 Å². The van der Waals surface area contributed by atoms with Crippen molar-refractivity contribution in [3.8, 4) is 0 Å². The zero-order valence-electron chi connectivity index (χ0n) is 22.9. The molecule has 15 heteroatoms. The molecule has 236 valence electrons. The molecule has 0 bridgehead atoms. The Balaban J connectivity index is 1.81. The SMILES string of the molecule is COC(=O)N(Cc1cc(C(F)(F)F)cc(C(F)(F)F)c1)[C@H]1C[C@@H](C)N(C(=O)OC2CCCC2)c2ccc(C(F)(F)F)cc21. The van der Waals surface area contributed by atoms with Crippen LogP contribution in [0.25, 0.3) is 0 Å². The Bertz CT molecular complexity index is 1320. The highest BCUT2D eigenvalue weighted by atomic mass is 19.4. The predicted octanol–water partition coefficient (Wildman–Crippen LogP) is 8.73. The van der Waals surface area contributed by atoms with Crippen molar-refractivity contribution >= 4 is 17.9 Å². The molecule has 1 saturated carbocycles. The normalized spacial score (nSPS) is 19.7. The van der Waals surface area contributed by atoms with E-state index >= 15 is 0 Å². The van der Waals surface area contributed by atoms with Gasteiger partial charge in [0.05, 0.1) is 35.5 Å². The molecule has 2 atom stereocenters. The molecular weight excluding hydrogens is 599 g/mol. The molecule has 1 fully saturated rings. The fraction of sp³-hybridized carbons (Fsp3) is 0.500. The molecule has 0 saturated heterocycles. The second-order valence-electron chi connectivity index (χ2n) is 10.5. The average molecular weight is 627 g/mol. The van der Waals surface area contributed by atoms with Crippen molar-refractivity contribution in [2.75, 3.05) is 12.0 Å². The molecule has 0 N–H and O–H groups in total. The number of methoxy groups -OCH3 is 1. The van der Waals surface area contributed by atoms with Crippen LogP contribution in [-0.2, 0) is 34.5 Å². The van der Waals surface area contributed by atoms with Crippen molar-refractivity contribution in [2.45, 2.75) is 82.3 Å². The van der Waals surface area contributed by atoms with Gasteiger partial charge in [-0.2, -0.15) is 39.5 Å².